The molecule has 0 aromatic carbocycles. The standard InChI is InChI=1S/C12H9BrN4O/c1-18-9-5-4-8-11(16-9)17-12(15-8)10-7(13)3-2-6-14-10/h2-6H,1H3,(H,15,16,17). The highest BCUT2D eigenvalue weighted by Crippen LogP contribution is 2.25. The van der Waals surface area contributed by atoms with Crippen molar-refractivity contribution >= 4 is 27.1 Å². The molecule has 3 heterocycles. The van der Waals surface area contributed by atoms with E-state index in [9.17, 15) is 0 Å². The van der Waals surface area contributed by atoms with Gasteiger partial charge in [0.05, 0.1) is 12.6 Å². The van der Waals surface area contributed by atoms with Crippen molar-refractivity contribution in [3.63, 3.8) is 0 Å². The van der Waals surface area contributed by atoms with Crippen molar-refractivity contribution in [3.8, 4) is 17.4 Å². The molecular weight excluding hydrogens is 296 g/mol. The predicted octanol–water partition coefficient (Wildman–Crippen LogP) is 2.79. The summed E-state index contributed by atoms with van der Waals surface area (Å²) in [6, 6.07) is 7.45. The number of imidazole rings is 1. The normalized spacial score (nSPS) is 10.8. The zero-order valence-corrected chi connectivity index (χ0v) is 11.1. The number of methoxy groups -OCH3 is 1. The lowest BCUT2D eigenvalue weighted by Gasteiger charge is -1.97. The molecule has 0 unspecified atom stereocenters. The first-order valence-corrected chi connectivity index (χ1v) is 6.09. The van der Waals surface area contributed by atoms with Crippen molar-refractivity contribution in [3.05, 3.63) is 34.9 Å². The van der Waals surface area contributed by atoms with Crippen LogP contribution < -0.4 is 4.74 Å². The van der Waals surface area contributed by atoms with E-state index in [2.05, 4.69) is 35.9 Å². The van der Waals surface area contributed by atoms with Crippen LogP contribution in [0.1, 0.15) is 0 Å². The number of aromatic nitrogens is 4. The fourth-order valence-electron chi connectivity index (χ4n) is 1.66. The monoisotopic (exact) mass is 304 g/mol. The number of nitrogens with one attached hydrogen (secondary N) is 1. The first-order chi connectivity index (χ1) is 8.78. The number of fused-ring (bicyclic) bond motifs is 1. The van der Waals surface area contributed by atoms with Gasteiger partial charge in [-0.05, 0) is 34.1 Å². The van der Waals surface area contributed by atoms with Crippen LogP contribution in [-0.2, 0) is 0 Å². The fraction of sp³-hybridized carbons (Fsp3) is 0.0833. The fourth-order valence-corrected chi connectivity index (χ4v) is 2.10. The second kappa shape index (κ2) is 4.38. The van der Waals surface area contributed by atoms with Crippen LogP contribution in [0, 0.1) is 0 Å². The number of halogens is 1. The van der Waals surface area contributed by atoms with Gasteiger partial charge in [0.2, 0.25) is 5.88 Å². The predicted molar refractivity (Wildman–Crippen MR) is 71.4 cm³/mol. The third-order valence-corrected chi connectivity index (χ3v) is 3.15. The zero-order chi connectivity index (χ0) is 12.5. The number of aromatic amines is 1. The number of ether oxygens (including phenoxy) is 1. The van der Waals surface area contributed by atoms with Gasteiger partial charge < -0.3 is 9.72 Å². The Hall–Kier alpha value is -1.95. The summed E-state index contributed by atoms with van der Waals surface area (Å²) in [5, 5.41) is 0. The molecular formula is C12H9BrN4O. The molecule has 0 saturated carbocycles. The topological polar surface area (TPSA) is 63.7 Å². The molecule has 18 heavy (non-hydrogen) atoms. The molecule has 90 valence electrons. The van der Waals surface area contributed by atoms with Crippen LogP contribution in [0.25, 0.3) is 22.7 Å². The summed E-state index contributed by atoms with van der Waals surface area (Å²) in [4.78, 5) is 16.1. The second-order valence-corrected chi connectivity index (χ2v) is 4.50. The minimum absolute atomic E-state index is 0.542. The van der Waals surface area contributed by atoms with Crippen LogP contribution in [0.3, 0.4) is 0 Å². The van der Waals surface area contributed by atoms with Crippen LogP contribution in [0.5, 0.6) is 5.88 Å². The maximum atomic E-state index is 5.07. The van der Waals surface area contributed by atoms with Crippen LogP contribution in [-0.4, -0.2) is 27.0 Å². The third-order valence-electron chi connectivity index (χ3n) is 2.51. The minimum atomic E-state index is 0.542. The lowest BCUT2D eigenvalue weighted by molar-refractivity contribution is 0.399. The second-order valence-electron chi connectivity index (χ2n) is 3.64. The molecule has 0 amide bonds. The van der Waals surface area contributed by atoms with E-state index in [0.29, 0.717) is 17.4 Å². The van der Waals surface area contributed by atoms with Gasteiger partial charge in [-0.2, -0.15) is 4.98 Å². The van der Waals surface area contributed by atoms with E-state index in [1.54, 1.807) is 19.4 Å². The van der Waals surface area contributed by atoms with Gasteiger partial charge in [0.15, 0.2) is 11.5 Å². The molecule has 0 aliphatic carbocycles. The third kappa shape index (κ3) is 1.84. The van der Waals surface area contributed by atoms with Crippen molar-refractivity contribution in [1.29, 1.82) is 0 Å². The Morgan fingerprint density at radius 1 is 1.22 bits per heavy atom. The van der Waals surface area contributed by atoms with Crippen LogP contribution in [0.4, 0.5) is 0 Å². The molecule has 0 aliphatic heterocycles. The number of hydrogen-bond acceptors (Lipinski definition) is 4. The highest BCUT2D eigenvalue weighted by molar-refractivity contribution is 9.10. The molecule has 1 N–H and O–H groups in total. The average Bonchev–Trinajstić information content (AvgIpc) is 2.81. The molecule has 3 aromatic rings. The Kier molecular flexibility index (Phi) is 2.71. The van der Waals surface area contributed by atoms with Crippen molar-refractivity contribution in [2.45, 2.75) is 0 Å². The number of nitrogens with zero attached hydrogens (tertiary/aromatic N) is 3. The number of hydrogen-bond donors (Lipinski definition) is 1. The van der Waals surface area contributed by atoms with E-state index in [-0.39, 0.29) is 0 Å². The quantitative estimate of drug-likeness (QED) is 0.791. The van der Waals surface area contributed by atoms with Crippen molar-refractivity contribution in [2.24, 2.45) is 0 Å². The molecule has 0 radical (unpaired) electrons. The number of rotatable bonds is 2. The Morgan fingerprint density at radius 2 is 2.11 bits per heavy atom. The number of pyridine rings is 2. The molecule has 0 atom stereocenters. The highest BCUT2D eigenvalue weighted by Gasteiger charge is 2.10. The van der Waals surface area contributed by atoms with E-state index in [1.165, 1.54) is 0 Å². The summed E-state index contributed by atoms with van der Waals surface area (Å²) in [5.41, 5.74) is 2.22. The van der Waals surface area contributed by atoms with Crippen LogP contribution in [0.15, 0.2) is 34.9 Å². The van der Waals surface area contributed by atoms with Crippen LogP contribution in [0.2, 0.25) is 0 Å². The molecule has 0 aliphatic rings. The zero-order valence-electron chi connectivity index (χ0n) is 9.51. The molecule has 3 rings (SSSR count). The van der Waals surface area contributed by atoms with Gasteiger partial charge in [-0.25, -0.2) is 4.98 Å². The van der Waals surface area contributed by atoms with Gasteiger partial charge in [0.25, 0.3) is 0 Å². The van der Waals surface area contributed by atoms with Gasteiger partial charge in [-0.3, -0.25) is 4.98 Å². The SMILES string of the molecule is COc1ccc2[nH]c(-c3ncccc3Br)nc2n1. The van der Waals surface area contributed by atoms with Gasteiger partial charge in [-0.1, -0.05) is 0 Å². The average molecular weight is 305 g/mol. The van der Waals surface area contributed by atoms with E-state index in [0.717, 1.165) is 15.7 Å². The van der Waals surface area contributed by atoms with Gasteiger partial charge in [0, 0.05) is 16.7 Å². The number of H-pyrrole nitrogens is 1. The lowest BCUT2D eigenvalue weighted by Crippen LogP contribution is -1.87. The first kappa shape index (κ1) is 11.2. The maximum Gasteiger partial charge on any atom is 0.215 e. The maximum absolute atomic E-state index is 5.07. The summed E-state index contributed by atoms with van der Waals surface area (Å²) in [5.74, 6) is 1.22. The lowest BCUT2D eigenvalue weighted by atomic mass is 10.3. The van der Waals surface area contributed by atoms with E-state index < -0.39 is 0 Å². The van der Waals surface area contributed by atoms with Crippen molar-refractivity contribution < 1.29 is 4.74 Å². The summed E-state index contributed by atoms with van der Waals surface area (Å²) >= 11 is 3.45. The molecule has 5 nitrogen and oxygen atoms in total. The smallest absolute Gasteiger partial charge is 0.215 e. The van der Waals surface area contributed by atoms with Crippen molar-refractivity contribution in [2.75, 3.05) is 7.11 Å². The Bertz CT molecular complexity index is 710. The summed E-state index contributed by atoms with van der Waals surface area (Å²) in [6.07, 6.45) is 1.72. The van der Waals surface area contributed by atoms with E-state index in [1.807, 2.05) is 18.2 Å². The Balaban J connectivity index is 2.17. The van der Waals surface area contributed by atoms with Crippen molar-refractivity contribution in [1.82, 2.24) is 19.9 Å². The highest BCUT2D eigenvalue weighted by atomic mass is 79.9. The molecule has 0 fully saturated rings. The van der Waals surface area contributed by atoms with Gasteiger partial charge in [-0.15, -0.1) is 0 Å². The summed E-state index contributed by atoms with van der Waals surface area (Å²) in [6.45, 7) is 0. The molecule has 0 spiro atoms. The summed E-state index contributed by atoms with van der Waals surface area (Å²) < 4.78 is 5.96. The molecule has 0 saturated heterocycles. The summed E-state index contributed by atoms with van der Waals surface area (Å²) in [7, 11) is 1.58. The van der Waals surface area contributed by atoms with Gasteiger partial charge >= 0.3 is 0 Å². The Morgan fingerprint density at radius 3 is 2.89 bits per heavy atom. The van der Waals surface area contributed by atoms with Crippen LogP contribution >= 0.6 is 15.9 Å². The van der Waals surface area contributed by atoms with E-state index in [4.69, 9.17) is 4.74 Å². The van der Waals surface area contributed by atoms with Gasteiger partial charge in [0.1, 0.15) is 5.69 Å². The first-order valence-electron chi connectivity index (χ1n) is 5.29. The minimum Gasteiger partial charge on any atom is -0.481 e. The van der Waals surface area contributed by atoms with E-state index >= 15 is 0 Å². The largest absolute Gasteiger partial charge is 0.481 e. The molecule has 3 aromatic heterocycles. The molecule has 0 bridgehead atoms. The molecule has 6 heteroatoms. The Labute approximate surface area is 111 Å².